The van der Waals surface area contributed by atoms with Gasteiger partial charge in [-0.15, -0.1) is 0 Å². The van der Waals surface area contributed by atoms with E-state index < -0.39 is 51.5 Å². The third-order valence-corrected chi connectivity index (χ3v) is 9.68. The topological polar surface area (TPSA) is 136 Å². The van der Waals surface area contributed by atoms with Gasteiger partial charge in [-0.1, -0.05) is 121 Å². The van der Waals surface area contributed by atoms with Gasteiger partial charge >= 0.3 is 29.6 Å². The Labute approximate surface area is 280 Å². The van der Waals surface area contributed by atoms with Crippen LogP contribution in [0, 0.1) is 0 Å². The molecule has 4 aromatic rings. The summed E-state index contributed by atoms with van der Waals surface area (Å²) in [5.74, 6) is 0. The second-order valence-electron chi connectivity index (χ2n) is 11.0. The molecule has 1 unspecified atom stereocenters. The van der Waals surface area contributed by atoms with Crippen molar-refractivity contribution in [2.75, 3.05) is 6.61 Å². The second kappa shape index (κ2) is 14.3. The van der Waals surface area contributed by atoms with E-state index in [9.17, 15) is 28.3 Å². The third-order valence-electron chi connectivity index (χ3n) is 8.30. The van der Waals surface area contributed by atoms with Crippen LogP contribution in [0.1, 0.15) is 22.3 Å². The van der Waals surface area contributed by atoms with Gasteiger partial charge in [0.15, 0.2) is 4.93 Å². The minimum Gasteiger partial charge on any atom is -0.746 e. The summed E-state index contributed by atoms with van der Waals surface area (Å²) in [7, 11) is -5.53. The van der Waals surface area contributed by atoms with E-state index in [1.165, 1.54) is 0 Å². The molecule has 5 atom stereocenters. The average molecular weight is 627 g/mol. The van der Waals surface area contributed by atoms with Gasteiger partial charge in [0.25, 0.3) is 0 Å². The van der Waals surface area contributed by atoms with Gasteiger partial charge in [0.1, 0.15) is 33.5 Å². The van der Waals surface area contributed by atoms with Crippen molar-refractivity contribution in [2.45, 2.75) is 54.2 Å². The molecule has 0 saturated carbocycles. The molecule has 0 aliphatic carbocycles. The molecular formula is C34H35NaO8S. The normalized spacial score (nSPS) is 26.9. The molecule has 4 aromatic carbocycles. The molecule has 8 nitrogen and oxygen atoms in total. The monoisotopic (exact) mass is 626 g/mol. The summed E-state index contributed by atoms with van der Waals surface area (Å²) in [6, 6.07) is 34.8. The molecule has 1 heterocycles. The second-order valence-corrected chi connectivity index (χ2v) is 12.6. The number of hydrogen-bond acceptors (Lipinski definition) is 8. The van der Waals surface area contributed by atoms with Gasteiger partial charge < -0.3 is 29.3 Å². The zero-order valence-electron chi connectivity index (χ0n) is 24.5. The predicted molar refractivity (Wildman–Crippen MR) is 160 cm³/mol. The fourth-order valence-corrected chi connectivity index (χ4v) is 7.50. The molecule has 0 amide bonds. The quantitative estimate of drug-likeness (QED) is 0.161. The first-order valence-corrected chi connectivity index (χ1v) is 15.5. The maximum absolute atomic E-state index is 13.8. The third kappa shape index (κ3) is 6.59. The van der Waals surface area contributed by atoms with Crippen LogP contribution in [-0.2, 0) is 45.5 Å². The van der Waals surface area contributed by atoms with Crippen molar-refractivity contribution in [2.24, 2.45) is 0 Å². The first-order valence-electron chi connectivity index (χ1n) is 14.1. The molecule has 1 fully saturated rings. The van der Waals surface area contributed by atoms with Crippen LogP contribution < -0.4 is 29.6 Å². The molecule has 0 radical (unpaired) electrons. The average Bonchev–Trinajstić information content (AvgIpc) is 3.02. The van der Waals surface area contributed by atoms with E-state index in [0.29, 0.717) is 22.3 Å². The van der Waals surface area contributed by atoms with Gasteiger partial charge in [0.2, 0.25) is 0 Å². The van der Waals surface area contributed by atoms with E-state index in [4.69, 9.17) is 9.47 Å². The van der Waals surface area contributed by atoms with Crippen LogP contribution in [0.25, 0.3) is 0 Å². The van der Waals surface area contributed by atoms with Crippen LogP contribution in [-0.4, -0.2) is 63.2 Å². The van der Waals surface area contributed by atoms with Crippen molar-refractivity contribution in [1.82, 2.24) is 0 Å². The van der Waals surface area contributed by atoms with E-state index in [-0.39, 0.29) is 49.0 Å². The van der Waals surface area contributed by atoms with Gasteiger partial charge in [-0.2, -0.15) is 0 Å². The molecule has 3 N–H and O–H groups in total. The summed E-state index contributed by atoms with van der Waals surface area (Å²) >= 11 is 0. The van der Waals surface area contributed by atoms with Crippen molar-refractivity contribution in [3.63, 3.8) is 0 Å². The van der Waals surface area contributed by atoms with Crippen LogP contribution in [0.5, 0.6) is 0 Å². The van der Waals surface area contributed by atoms with Crippen LogP contribution >= 0.6 is 0 Å². The minimum atomic E-state index is -5.53. The first kappa shape index (κ1) is 34.5. The van der Waals surface area contributed by atoms with Crippen LogP contribution in [0.15, 0.2) is 121 Å². The Bertz CT molecular complexity index is 1580. The number of ether oxygens (including phenoxy) is 2. The van der Waals surface area contributed by atoms with Crippen LogP contribution in [0.2, 0.25) is 0 Å². The summed E-state index contributed by atoms with van der Waals surface area (Å²) in [5, 5.41) is 35.1. The zero-order valence-corrected chi connectivity index (χ0v) is 27.3. The maximum atomic E-state index is 13.8. The van der Waals surface area contributed by atoms with Crippen molar-refractivity contribution >= 4 is 10.1 Å². The molecule has 226 valence electrons. The Kier molecular flexibility index (Phi) is 11.2. The zero-order chi connectivity index (χ0) is 30.6. The Hall–Kier alpha value is -2.41. The van der Waals surface area contributed by atoms with E-state index >= 15 is 0 Å². The first-order chi connectivity index (χ1) is 20.6. The molecule has 1 saturated heterocycles. The molecule has 44 heavy (non-hydrogen) atoms. The number of rotatable bonds is 11. The van der Waals surface area contributed by atoms with E-state index in [1.807, 2.05) is 6.07 Å². The van der Waals surface area contributed by atoms with Crippen molar-refractivity contribution in [3.8, 4) is 0 Å². The van der Waals surface area contributed by atoms with Gasteiger partial charge in [0, 0.05) is 19.3 Å². The van der Waals surface area contributed by atoms with Gasteiger partial charge in [-0.05, 0) is 22.3 Å². The largest absolute Gasteiger partial charge is 1.00 e. The molecule has 0 aromatic heterocycles. The summed E-state index contributed by atoms with van der Waals surface area (Å²) in [4.78, 5) is -2.79. The number of benzene rings is 4. The molecule has 10 heteroatoms. The van der Waals surface area contributed by atoms with Crippen molar-refractivity contribution < 1.29 is 67.3 Å². The maximum Gasteiger partial charge on any atom is 1.00 e. The number of aliphatic hydroxyl groups is 3. The number of hydrogen-bond donors (Lipinski definition) is 3. The minimum absolute atomic E-state index is 0. The molecule has 0 spiro atoms. The molecule has 1 aliphatic rings. The molecule has 0 bridgehead atoms. The SMILES string of the molecule is O=S(=O)([O-])C1(Cc2ccccc2)O[C@H](CO)[C@@H](O)[C@@](O)(Cc2ccccc2)[C@@]1(Cc1ccccc1)OCc1ccccc1.[Na+]. The Morgan fingerprint density at radius 1 is 0.705 bits per heavy atom. The van der Waals surface area contributed by atoms with Crippen molar-refractivity contribution in [3.05, 3.63) is 144 Å². The Morgan fingerprint density at radius 3 is 1.55 bits per heavy atom. The summed E-state index contributed by atoms with van der Waals surface area (Å²) in [6.45, 7) is -1.07. The molecular weight excluding hydrogens is 591 g/mol. The fourth-order valence-electron chi connectivity index (χ4n) is 6.21. The van der Waals surface area contributed by atoms with Gasteiger partial charge in [-0.25, -0.2) is 8.42 Å². The number of aliphatic hydroxyl groups excluding tert-OH is 2. The van der Waals surface area contributed by atoms with Crippen LogP contribution in [0.4, 0.5) is 0 Å². The predicted octanol–water partition coefficient (Wildman–Crippen LogP) is 0.399. The summed E-state index contributed by atoms with van der Waals surface area (Å²) in [5.41, 5.74) is -2.65. The van der Waals surface area contributed by atoms with Crippen molar-refractivity contribution in [1.29, 1.82) is 0 Å². The smallest absolute Gasteiger partial charge is 0.746 e. The Balaban J connectivity index is 0.00000442. The fraction of sp³-hybridized carbons (Fsp3) is 0.294. The van der Waals surface area contributed by atoms with Crippen LogP contribution in [0.3, 0.4) is 0 Å². The molecule has 1 aliphatic heterocycles. The van der Waals surface area contributed by atoms with E-state index in [0.717, 1.165) is 0 Å². The standard InChI is InChI=1S/C34H36O8S.Na/c35-24-30-31(36)32(37,21-26-13-5-1-6-14-26)33(22-27-15-7-2-8-16-27,41-25-29-19-11-4-12-20-29)34(42-30,43(38,39)40)23-28-17-9-3-10-18-28;/h1-20,30-31,35-37H,21-25H2,(H,38,39,40);/q;+1/p-1/t30-,31-,32+,33-,34?;/m1./s1. The molecule has 5 rings (SSSR count). The summed E-state index contributed by atoms with van der Waals surface area (Å²) in [6.07, 6.45) is -4.59. The summed E-state index contributed by atoms with van der Waals surface area (Å²) < 4.78 is 54.2. The Morgan fingerprint density at radius 2 is 1.11 bits per heavy atom. The van der Waals surface area contributed by atoms with E-state index in [1.54, 1.807) is 115 Å². The van der Waals surface area contributed by atoms with E-state index in [2.05, 4.69) is 0 Å². The van der Waals surface area contributed by atoms with Gasteiger partial charge in [0.05, 0.1) is 13.2 Å². The van der Waals surface area contributed by atoms with Gasteiger partial charge in [-0.3, -0.25) is 0 Å².